The van der Waals surface area contributed by atoms with Crippen molar-refractivity contribution in [2.75, 3.05) is 13.2 Å². The molecule has 0 aliphatic carbocycles. The van der Waals surface area contributed by atoms with Crippen molar-refractivity contribution in [1.82, 2.24) is 15.1 Å². The van der Waals surface area contributed by atoms with Gasteiger partial charge in [-0.15, -0.1) is 0 Å². The van der Waals surface area contributed by atoms with E-state index in [0.29, 0.717) is 6.61 Å². The van der Waals surface area contributed by atoms with E-state index in [1.165, 1.54) is 5.56 Å². The van der Waals surface area contributed by atoms with E-state index in [0.717, 1.165) is 41.2 Å². The molecule has 0 amide bonds. The normalized spacial score (nSPS) is 10.9. The van der Waals surface area contributed by atoms with Gasteiger partial charge in [0.25, 0.3) is 0 Å². The van der Waals surface area contributed by atoms with Gasteiger partial charge in [-0.3, -0.25) is 4.68 Å². The first-order chi connectivity index (χ1) is 10.1. The molecule has 0 aliphatic rings. The standard InChI is InChI=1S/C16H22BrN3O/c1-4-18-11-14-7-5-6-8-15(14)21-10-9-20-13(3)16(17)12(2)19-20/h5-8,18H,4,9-11H2,1-3H3. The molecule has 1 heterocycles. The number of hydrogen-bond acceptors (Lipinski definition) is 3. The fourth-order valence-corrected chi connectivity index (χ4v) is 2.47. The van der Waals surface area contributed by atoms with Crippen LogP contribution < -0.4 is 10.1 Å². The Balaban J connectivity index is 1.95. The number of nitrogens with one attached hydrogen (secondary N) is 1. The zero-order chi connectivity index (χ0) is 15.2. The molecule has 1 N–H and O–H groups in total. The SMILES string of the molecule is CCNCc1ccccc1OCCn1nc(C)c(Br)c1C. The number of aromatic nitrogens is 2. The van der Waals surface area contributed by atoms with Crippen molar-refractivity contribution in [3.8, 4) is 5.75 Å². The molecule has 0 unspecified atom stereocenters. The van der Waals surface area contributed by atoms with Crippen LogP contribution in [0.4, 0.5) is 0 Å². The summed E-state index contributed by atoms with van der Waals surface area (Å²) in [5.74, 6) is 0.944. The van der Waals surface area contributed by atoms with Crippen molar-refractivity contribution in [3.63, 3.8) is 0 Å². The van der Waals surface area contributed by atoms with Gasteiger partial charge in [0, 0.05) is 17.8 Å². The minimum atomic E-state index is 0.609. The van der Waals surface area contributed by atoms with Gasteiger partial charge in [0.15, 0.2) is 0 Å². The molecule has 0 bridgehead atoms. The number of rotatable bonds is 7. The van der Waals surface area contributed by atoms with Crippen molar-refractivity contribution < 1.29 is 4.74 Å². The van der Waals surface area contributed by atoms with E-state index in [1.807, 2.05) is 29.8 Å². The lowest BCUT2D eigenvalue weighted by atomic mass is 10.2. The van der Waals surface area contributed by atoms with Gasteiger partial charge in [-0.2, -0.15) is 5.10 Å². The molecule has 2 rings (SSSR count). The molecule has 0 atom stereocenters. The van der Waals surface area contributed by atoms with E-state index in [-0.39, 0.29) is 0 Å². The van der Waals surface area contributed by atoms with Gasteiger partial charge in [-0.25, -0.2) is 0 Å². The van der Waals surface area contributed by atoms with Crippen LogP contribution in [0, 0.1) is 13.8 Å². The predicted molar refractivity (Wildman–Crippen MR) is 88.7 cm³/mol. The van der Waals surface area contributed by atoms with Gasteiger partial charge in [-0.05, 0) is 42.4 Å². The number of para-hydroxylation sites is 1. The molecule has 1 aromatic carbocycles. The van der Waals surface area contributed by atoms with Gasteiger partial charge < -0.3 is 10.1 Å². The first kappa shape index (κ1) is 16.0. The van der Waals surface area contributed by atoms with E-state index in [2.05, 4.69) is 46.3 Å². The lowest BCUT2D eigenvalue weighted by molar-refractivity contribution is 0.286. The average Bonchev–Trinajstić information content (AvgIpc) is 2.74. The molecular formula is C16H22BrN3O. The molecule has 1 aromatic heterocycles. The van der Waals surface area contributed by atoms with Gasteiger partial charge in [0.2, 0.25) is 0 Å². The fourth-order valence-electron chi connectivity index (χ4n) is 2.19. The Bertz CT molecular complexity index is 595. The first-order valence-corrected chi connectivity index (χ1v) is 8.03. The molecule has 0 aliphatic heterocycles. The van der Waals surface area contributed by atoms with Crippen LogP contribution in [0.15, 0.2) is 28.7 Å². The van der Waals surface area contributed by atoms with Gasteiger partial charge in [-0.1, -0.05) is 25.1 Å². The third-order valence-electron chi connectivity index (χ3n) is 3.39. The summed E-state index contributed by atoms with van der Waals surface area (Å²) >= 11 is 3.54. The largest absolute Gasteiger partial charge is 0.491 e. The Morgan fingerprint density at radius 2 is 2.05 bits per heavy atom. The lowest BCUT2D eigenvalue weighted by Gasteiger charge is -2.12. The molecule has 21 heavy (non-hydrogen) atoms. The highest BCUT2D eigenvalue weighted by Gasteiger charge is 2.09. The summed E-state index contributed by atoms with van der Waals surface area (Å²) in [6.45, 7) is 9.30. The van der Waals surface area contributed by atoms with Gasteiger partial charge >= 0.3 is 0 Å². The van der Waals surface area contributed by atoms with E-state index >= 15 is 0 Å². The molecule has 5 heteroatoms. The topological polar surface area (TPSA) is 39.1 Å². The summed E-state index contributed by atoms with van der Waals surface area (Å²) in [5, 5.41) is 7.82. The summed E-state index contributed by atoms with van der Waals surface area (Å²) in [6.07, 6.45) is 0. The van der Waals surface area contributed by atoms with E-state index in [4.69, 9.17) is 4.74 Å². The number of benzene rings is 1. The molecule has 2 aromatic rings. The third-order valence-corrected chi connectivity index (χ3v) is 4.54. The number of hydrogen-bond donors (Lipinski definition) is 1. The van der Waals surface area contributed by atoms with Crippen LogP contribution in [0.5, 0.6) is 5.75 Å². The molecule has 0 spiro atoms. The minimum absolute atomic E-state index is 0.609. The maximum Gasteiger partial charge on any atom is 0.123 e. The Labute approximate surface area is 134 Å². The van der Waals surface area contributed by atoms with Crippen molar-refractivity contribution in [1.29, 1.82) is 0 Å². The van der Waals surface area contributed by atoms with Crippen molar-refractivity contribution in [2.45, 2.75) is 33.9 Å². The van der Waals surface area contributed by atoms with E-state index in [1.54, 1.807) is 0 Å². The van der Waals surface area contributed by atoms with Crippen molar-refractivity contribution >= 4 is 15.9 Å². The van der Waals surface area contributed by atoms with Crippen LogP contribution in [0.3, 0.4) is 0 Å². The van der Waals surface area contributed by atoms with E-state index in [9.17, 15) is 0 Å². The average molecular weight is 352 g/mol. The van der Waals surface area contributed by atoms with Crippen LogP contribution >= 0.6 is 15.9 Å². The second-order valence-electron chi connectivity index (χ2n) is 4.94. The summed E-state index contributed by atoms with van der Waals surface area (Å²) in [7, 11) is 0. The monoisotopic (exact) mass is 351 g/mol. The van der Waals surface area contributed by atoms with Crippen LogP contribution in [-0.2, 0) is 13.1 Å². The van der Waals surface area contributed by atoms with Crippen LogP contribution in [0.2, 0.25) is 0 Å². The second-order valence-corrected chi connectivity index (χ2v) is 5.74. The second kappa shape index (κ2) is 7.61. The Morgan fingerprint density at radius 3 is 2.71 bits per heavy atom. The molecule has 4 nitrogen and oxygen atoms in total. The molecule has 0 saturated heterocycles. The summed E-state index contributed by atoms with van der Waals surface area (Å²) in [6, 6.07) is 8.16. The Hall–Kier alpha value is -1.33. The van der Waals surface area contributed by atoms with Crippen LogP contribution in [0.25, 0.3) is 0 Å². The fraction of sp³-hybridized carbons (Fsp3) is 0.438. The smallest absolute Gasteiger partial charge is 0.123 e. The van der Waals surface area contributed by atoms with Gasteiger partial charge in [0.1, 0.15) is 12.4 Å². The third kappa shape index (κ3) is 4.08. The maximum atomic E-state index is 5.93. The minimum Gasteiger partial charge on any atom is -0.491 e. The zero-order valence-electron chi connectivity index (χ0n) is 12.8. The molecule has 0 fully saturated rings. The van der Waals surface area contributed by atoms with Gasteiger partial charge in [0.05, 0.1) is 16.7 Å². The highest BCUT2D eigenvalue weighted by molar-refractivity contribution is 9.10. The first-order valence-electron chi connectivity index (χ1n) is 7.24. The molecule has 0 saturated carbocycles. The summed E-state index contributed by atoms with van der Waals surface area (Å²) in [4.78, 5) is 0. The summed E-state index contributed by atoms with van der Waals surface area (Å²) < 4.78 is 8.98. The van der Waals surface area contributed by atoms with Crippen molar-refractivity contribution in [3.05, 3.63) is 45.7 Å². The summed E-state index contributed by atoms with van der Waals surface area (Å²) in [5.41, 5.74) is 3.34. The lowest BCUT2D eigenvalue weighted by Crippen LogP contribution is -2.15. The van der Waals surface area contributed by atoms with Crippen molar-refractivity contribution in [2.24, 2.45) is 0 Å². The quantitative estimate of drug-likeness (QED) is 0.830. The Morgan fingerprint density at radius 1 is 1.29 bits per heavy atom. The number of nitrogens with zero attached hydrogens (tertiary/aromatic N) is 2. The highest BCUT2D eigenvalue weighted by Crippen LogP contribution is 2.20. The molecule has 114 valence electrons. The molecule has 0 radical (unpaired) electrons. The van der Waals surface area contributed by atoms with E-state index < -0.39 is 0 Å². The number of halogens is 1. The predicted octanol–water partition coefficient (Wildman–Crippen LogP) is 3.45. The highest BCUT2D eigenvalue weighted by atomic mass is 79.9. The van der Waals surface area contributed by atoms with Crippen LogP contribution in [0.1, 0.15) is 23.9 Å². The van der Waals surface area contributed by atoms with Crippen LogP contribution in [-0.4, -0.2) is 22.9 Å². The number of aryl methyl sites for hydroxylation is 1. The maximum absolute atomic E-state index is 5.93. The Kier molecular flexibility index (Phi) is 5.82. The zero-order valence-corrected chi connectivity index (χ0v) is 14.4. The number of ether oxygens (including phenoxy) is 1. The molecular weight excluding hydrogens is 330 g/mol.